The largest absolute Gasteiger partial charge is 0.395 e. The SMILES string of the molecule is CCCCCN(CCO)C(=O)Nc1ccc(Cl)c([N+](=O)[O-])c1. The molecule has 8 heteroatoms. The molecular weight excluding hydrogens is 310 g/mol. The quantitative estimate of drug-likeness (QED) is 0.434. The molecule has 1 aromatic rings. The van der Waals surface area contributed by atoms with Gasteiger partial charge in [0, 0.05) is 24.8 Å². The second-order valence-corrected chi connectivity index (χ2v) is 5.18. The summed E-state index contributed by atoms with van der Waals surface area (Å²) in [4.78, 5) is 23.9. The first-order chi connectivity index (χ1) is 10.5. The molecule has 22 heavy (non-hydrogen) atoms. The van der Waals surface area contributed by atoms with Gasteiger partial charge in [-0.15, -0.1) is 0 Å². The molecule has 0 atom stereocenters. The van der Waals surface area contributed by atoms with Crippen LogP contribution in [0.2, 0.25) is 5.02 Å². The molecule has 2 N–H and O–H groups in total. The first-order valence-electron chi connectivity index (χ1n) is 7.10. The molecule has 0 saturated heterocycles. The van der Waals surface area contributed by atoms with Gasteiger partial charge in [-0.2, -0.15) is 0 Å². The van der Waals surface area contributed by atoms with Crippen molar-refractivity contribution in [3.05, 3.63) is 33.3 Å². The van der Waals surface area contributed by atoms with Crippen molar-refractivity contribution in [2.45, 2.75) is 26.2 Å². The summed E-state index contributed by atoms with van der Waals surface area (Å²) in [6.07, 6.45) is 2.85. The number of nitro benzene ring substituents is 1. The second-order valence-electron chi connectivity index (χ2n) is 4.77. The average molecular weight is 330 g/mol. The Morgan fingerprint density at radius 3 is 2.73 bits per heavy atom. The van der Waals surface area contributed by atoms with Gasteiger partial charge in [0.25, 0.3) is 5.69 Å². The van der Waals surface area contributed by atoms with Crippen LogP contribution < -0.4 is 5.32 Å². The lowest BCUT2D eigenvalue weighted by molar-refractivity contribution is -0.384. The Morgan fingerprint density at radius 2 is 2.14 bits per heavy atom. The smallest absolute Gasteiger partial charge is 0.321 e. The van der Waals surface area contributed by atoms with Crippen molar-refractivity contribution in [1.29, 1.82) is 0 Å². The van der Waals surface area contributed by atoms with Crippen LogP contribution in [0.15, 0.2) is 18.2 Å². The molecule has 0 unspecified atom stereocenters. The molecule has 0 heterocycles. The lowest BCUT2D eigenvalue weighted by Gasteiger charge is -2.22. The zero-order valence-corrected chi connectivity index (χ0v) is 13.2. The fourth-order valence-corrected chi connectivity index (χ4v) is 2.11. The highest BCUT2D eigenvalue weighted by Crippen LogP contribution is 2.27. The molecule has 0 saturated carbocycles. The predicted octanol–water partition coefficient (Wildman–Crippen LogP) is 3.26. The number of unbranched alkanes of at least 4 members (excludes halogenated alkanes) is 2. The summed E-state index contributed by atoms with van der Waals surface area (Å²) < 4.78 is 0. The third kappa shape index (κ3) is 5.50. The van der Waals surface area contributed by atoms with Crippen molar-refractivity contribution >= 4 is 29.0 Å². The second kappa shape index (κ2) is 9.22. The number of anilines is 1. The molecule has 1 rings (SSSR count). The van der Waals surface area contributed by atoms with Crippen LogP contribution in [0.1, 0.15) is 26.2 Å². The first-order valence-corrected chi connectivity index (χ1v) is 7.48. The number of carbonyl (C=O) groups is 1. The number of nitro groups is 1. The van der Waals surface area contributed by atoms with E-state index < -0.39 is 11.0 Å². The van der Waals surface area contributed by atoms with Gasteiger partial charge in [-0.1, -0.05) is 31.4 Å². The van der Waals surface area contributed by atoms with Crippen LogP contribution in [-0.4, -0.2) is 40.7 Å². The Bertz CT molecular complexity index is 525. The monoisotopic (exact) mass is 329 g/mol. The Balaban J connectivity index is 2.75. The van der Waals surface area contributed by atoms with Crippen molar-refractivity contribution in [2.75, 3.05) is 25.0 Å². The minimum atomic E-state index is -0.606. The molecule has 0 aliphatic rings. The van der Waals surface area contributed by atoms with Gasteiger partial charge in [-0.3, -0.25) is 10.1 Å². The molecule has 0 radical (unpaired) electrons. The van der Waals surface area contributed by atoms with Crippen LogP contribution >= 0.6 is 11.6 Å². The highest BCUT2D eigenvalue weighted by Gasteiger charge is 2.16. The van der Waals surface area contributed by atoms with Gasteiger partial charge >= 0.3 is 6.03 Å². The van der Waals surface area contributed by atoms with Crippen molar-refractivity contribution in [3.63, 3.8) is 0 Å². The number of aliphatic hydroxyl groups excluding tert-OH is 1. The summed E-state index contributed by atoms with van der Waals surface area (Å²) in [5.41, 5.74) is 0.0266. The highest BCUT2D eigenvalue weighted by molar-refractivity contribution is 6.32. The molecule has 0 aromatic heterocycles. The average Bonchev–Trinajstić information content (AvgIpc) is 2.48. The fourth-order valence-electron chi connectivity index (χ4n) is 1.92. The maximum absolute atomic E-state index is 12.2. The molecule has 7 nitrogen and oxygen atoms in total. The molecular formula is C14H20ClN3O4. The molecule has 1 aromatic carbocycles. The Labute approximate surface area is 134 Å². The van der Waals surface area contributed by atoms with Gasteiger partial charge in [0.1, 0.15) is 5.02 Å². The number of nitrogens with zero attached hydrogens (tertiary/aromatic N) is 2. The summed E-state index contributed by atoms with van der Waals surface area (Å²) in [5.74, 6) is 0. The van der Waals surface area contributed by atoms with Crippen LogP contribution in [0.25, 0.3) is 0 Å². The van der Waals surface area contributed by atoms with Gasteiger partial charge in [-0.05, 0) is 18.6 Å². The third-order valence-electron chi connectivity index (χ3n) is 3.08. The maximum Gasteiger partial charge on any atom is 0.321 e. The molecule has 2 amide bonds. The molecule has 0 spiro atoms. The number of carbonyl (C=O) groups excluding carboxylic acids is 1. The van der Waals surface area contributed by atoms with Gasteiger partial charge < -0.3 is 15.3 Å². The van der Waals surface area contributed by atoms with E-state index in [4.69, 9.17) is 16.7 Å². The summed E-state index contributed by atoms with van der Waals surface area (Å²) >= 11 is 5.73. The third-order valence-corrected chi connectivity index (χ3v) is 3.40. The zero-order valence-electron chi connectivity index (χ0n) is 12.4. The Kier molecular flexibility index (Phi) is 7.62. The molecule has 122 valence electrons. The summed E-state index contributed by atoms with van der Waals surface area (Å²) in [6.45, 7) is 2.66. The van der Waals surface area contributed by atoms with E-state index in [1.807, 2.05) is 0 Å². The van der Waals surface area contributed by atoms with Crippen molar-refractivity contribution in [2.24, 2.45) is 0 Å². The van der Waals surface area contributed by atoms with Gasteiger partial charge in [0.15, 0.2) is 0 Å². The van der Waals surface area contributed by atoms with Gasteiger partial charge in [0.2, 0.25) is 0 Å². The number of amides is 2. The topological polar surface area (TPSA) is 95.7 Å². The lowest BCUT2D eigenvalue weighted by Crippen LogP contribution is -2.37. The molecule has 0 fully saturated rings. The maximum atomic E-state index is 12.2. The van der Waals surface area contributed by atoms with Gasteiger partial charge in [0.05, 0.1) is 11.5 Å². The Hall–Kier alpha value is -1.86. The van der Waals surface area contributed by atoms with E-state index in [1.54, 1.807) is 0 Å². The Morgan fingerprint density at radius 1 is 1.41 bits per heavy atom. The van der Waals surface area contributed by atoms with Crippen LogP contribution in [0, 0.1) is 10.1 Å². The van der Waals surface area contributed by atoms with Crippen molar-refractivity contribution in [1.82, 2.24) is 4.90 Å². The molecule has 0 bridgehead atoms. The van der Waals surface area contributed by atoms with Crippen LogP contribution in [0.4, 0.5) is 16.2 Å². The minimum Gasteiger partial charge on any atom is -0.395 e. The zero-order chi connectivity index (χ0) is 16.5. The number of urea groups is 1. The summed E-state index contributed by atoms with van der Waals surface area (Å²) in [7, 11) is 0. The van der Waals surface area contributed by atoms with E-state index in [0.29, 0.717) is 12.2 Å². The van der Waals surface area contributed by atoms with Gasteiger partial charge in [-0.25, -0.2) is 4.79 Å². The number of hydrogen-bond acceptors (Lipinski definition) is 4. The number of hydrogen-bond donors (Lipinski definition) is 2. The van der Waals surface area contributed by atoms with E-state index >= 15 is 0 Å². The molecule has 0 aliphatic heterocycles. The number of nitrogens with one attached hydrogen (secondary N) is 1. The highest BCUT2D eigenvalue weighted by atomic mass is 35.5. The minimum absolute atomic E-state index is 0.0122. The lowest BCUT2D eigenvalue weighted by atomic mass is 10.2. The standard InChI is InChI=1S/C14H20ClN3O4/c1-2-3-4-7-17(8-9-19)14(20)16-11-5-6-12(15)13(10-11)18(21)22/h5-6,10,19H,2-4,7-9H2,1H3,(H,16,20). The van der Waals surface area contributed by atoms with E-state index in [0.717, 1.165) is 19.3 Å². The van der Waals surface area contributed by atoms with E-state index in [1.165, 1.54) is 23.1 Å². The van der Waals surface area contributed by atoms with Crippen LogP contribution in [0.3, 0.4) is 0 Å². The summed E-state index contributed by atoms with van der Waals surface area (Å²) in [6, 6.07) is 3.67. The van der Waals surface area contributed by atoms with E-state index in [2.05, 4.69) is 12.2 Å². The molecule has 0 aliphatic carbocycles. The first kappa shape index (κ1) is 18.2. The van der Waals surface area contributed by atoms with Crippen molar-refractivity contribution < 1.29 is 14.8 Å². The van der Waals surface area contributed by atoms with Crippen LogP contribution in [0.5, 0.6) is 0 Å². The number of halogens is 1. The number of rotatable bonds is 8. The van der Waals surface area contributed by atoms with Crippen LogP contribution in [-0.2, 0) is 0 Å². The fraction of sp³-hybridized carbons (Fsp3) is 0.500. The normalized spacial score (nSPS) is 10.3. The summed E-state index contributed by atoms with van der Waals surface area (Å²) in [5, 5.41) is 22.5. The van der Waals surface area contributed by atoms with Crippen molar-refractivity contribution in [3.8, 4) is 0 Å². The number of aliphatic hydroxyl groups is 1. The predicted molar refractivity (Wildman–Crippen MR) is 85.3 cm³/mol. The van der Waals surface area contributed by atoms with E-state index in [9.17, 15) is 14.9 Å². The van der Waals surface area contributed by atoms with E-state index in [-0.39, 0.29) is 23.9 Å². The number of benzene rings is 1.